The third kappa shape index (κ3) is 1.74. The molecule has 0 bridgehead atoms. The second kappa shape index (κ2) is 3.55. The summed E-state index contributed by atoms with van der Waals surface area (Å²) >= 11 is 0. The molecule has 0 aliphatic rings. The van der Waals surface area contributed by atoms with Gasteiger partial charge in [-0.1, -0.05) is 0 Å². The number of rotatable bonds is 2. The molecule has 13 heavy (non-hydrogen) atoms. The van der Waals surface area contributed by atoms with Crippen molar-refractivity contribution in [1.29, 1.82) is 0 Å². The number of carboxylic acid groups (broad SMARTS) is 1. The first-order valence-electron chi connectivity index (χ1n) is 3.41. The lowest BCUT2D eigenvalue weighted by Gasteiger charge is -2.01. The van der Waals surface area contributed by atoms with Gasteiger partial charge in [-0.3, -0.25) is 4.98 Å². The Kier molecular flexibility index (Phi) is 2.47. The summed E-state index contributed by atoms with van der Waals surface area (Å²) in [7, 11) is 0. The Labute approximate surface area is 73.5 Å². The zero-order chi connectivity index (χ0) is 9.84. The van der Waals surface area contributed by atoms with Crippen LogP contribution in [0.2, 0.25) is 0 Å². The van der Waals surface area contributed by atoms with Gasteiger partial charge >= 0.3 is 5.97 Å². The molecular formula is C7H6N4O2. The monoisotopic (exact) mass is 178 g/mol. The van der Waals surface area contributed by atoms with Crippen LogP contribution < -0.4 is 0 Å². The predicted molar refractivity (Wildman–Crippen MR) is 44.7 cm³/mol. The van der Waals surface area contributed by atoms with Crippen molar-refractivity contribution in [2.24, 2.45) is 5.11 Å². The first-order chi connectivity index (χ1) is 6.16. The highest BCUT2D eigenvalue weighted by atomic mass is 16.4. The zero-order valence-corrected chi connectivity index (χ0v) is 6.80. The lowest BCUT2D eigenvalue weighted by molar-refractivity contribution is 0.0696. The third-order valence-corrected chi connectivity index (χ3v) is 1.49. The summed E-state index contributed by atoms with van der Waals surface area (Å²) in [6, 6.07) is 1.54. The summed E-state index contributed by atoms with van der Waals surface area (Å²) < 4.78 is 0. The van der Waals surface area contributed by atoms with Crippen molar-refractivity contribution >= 4 is 11.8 Å². The van der Waals surface area contributed by atoms with Crippen molar-refractivity contribution < 1.29 is 9.90 Å². The number of aromatic nitrogens is 1. The second-order valence-corrected chi connectivity index (χ2v) is 2.32. The Morgan fingerprint density at radius 2 is 2.46 bits per heavy atom. The topological polar surface area (TPSA) is 99.0 Å². The molecular weight excluding hydrogens is 172 g/mol. The fourth-order valence-corrected chi connectivity index (χ4v) is 0.926. The highest BCUT2D eigenvalue weighted by molar-refractivity contribution is 5.93. The van der Waals surface area contributed by atoms with Crippen LogP contribution in [-0.4, -0.2) is 16.1 Å². The van der Waals surface area contributed by atoms with Crippen molar-refractivity contribution in [2.45, 2.75) is 6.92 Å². The molecule has 6 heteroatoms. The highest BCUT2D eigenvalue weighted by Crippen LogP contribution is 2.19. The number of aryl methyl sites for hydroxylation is 1. The fraction of sp³-hybridized carbons (Fsp3) is 0.143. The average Bonchev–Trinajstić information content (AvgIpc) is 2.04. The van der Waals surface area contributed by atoms with Crippen LogP contribution in [0.25, 0.3) is 10.4 Å². The summed E-state index contributed by atoms with van der Waals surface area (Å²) in [5, 5.41) is 11.9. The molecule has 0 aliphatic heterocycles. The molecule has 0 radical (unpaired) electrons. The number of carboxylic acids is 1. The van der Waals surface area contributed by atoms with Gasteiger partial charge in [-0.2, -0.15) is 0 Å². The van der Waals surface area contributed by atoms with Crippen LogP contribution >= 0.6 is 0 Å². The maximum Gasteiger partial charge on any atom is 0.338 e. The van der Waals surface area contributed by atoms with E-state index >= 15 is 0 Å². The number of aromatic carboxylic acids is 1. The number of pyridine rings is 1. The first kappa shape index (κ1) is 9.02. The molecule has 1 heterocycles. The van der Waals surface area contributed by atoms with Gasteiger partial charge in [-0.15, -0.1) is 0 Å². The van der Waals surface area contributed by atoms with Crippen molar-refractivity contribution in [1.82, 2.24) is 4.98 Å². The summed E-state index contributed by atoms with van der Waals surface area (Å²) in [4.78, 5) is 16.8. The molecule has 6 nitrogen and oxygen atoms in total. The van der Waals surface area contributed by atoms with E-state index in [1.807, 2.05) is 0 Å². The minimum absolute atomic E-state index is 0.0553. The van der Waals surface area contributed by atoms with E-state index in [0.717, 1.165) is 0 Å². The Morgan fingerprint density at radius 1 is 1.77 bits per heavy atom. The first-order valence-corrected chi connectivity index (χ1v) is 3.41. The van der Waals surface area contributed by atoms with E-state index in [9.17, 15) is 4.79 Å². The van der Waals surface area contributed by atoms with Crippen LogP contribution in [0.15, 0.2) is 17.4 Å². The van der Waals surface area contributed by atoms with Crippen LogP contribution in [0.5, 0.6) is 0 Å². The van der Waals surface area contributed by atoms with Crippen molar-refractivity contribution in [3.05, 3.63) is 33.8 Å². The second-order valence-electron chi connectivity index (χ2n) is 2.32. The molecule has 66 valence electrons. The summed E-state index contributed by atoms with van der Waals surface area (Å²) in [5.74, 6) is -1.25. The molecule has 0 unspecified atom stereocenters. The molecule has 1 aromatic heterocycles. The van der Waals surface area contributed by atoms with Gasteiger partial charge < -0.3 is 5.11 Å². The molecule has 0 spiro atoms. The van der Waals surface area contributed by atoms with E-state index in [2.05, 4.69) is 15.0 Å². The third-order valence-electron chi connectivity index (χ3n) is 1.49. The maximum absolute atomic E-state index is 10.7. The van der Waals surface area contributed by atoms with E-state index in [1.54, 1.807) is 13.0 Å². The average molecular weight is 178 g/mol. The van der Waals surface area contributed by atoms with Crippen molar-refractivity contribution in [3.63, 3.8) is 0 Å². The summed E-state index contributed by atoms with van der Waals surface area (Å²) in [6.07, 6.45) is 1.39. The minimum atomic E-state index is -1.15. The van der Waals surface area contributed by atoms with Crippen molar-refractivity contribution in [2.75, 3.05) is 0 Å². The molecule has 0 fully saturated rings. The van der Waals surface area contributed by atoms with Crippen molar-refractivity contribution in [3.8, 4) is 0 Å². The smallest absolute Gasteiger partial charge is 0.338 e. The van der Waals surface area contributed by atoms with E-state index in [1.165, 1.54) is 6.20 Å². The Balaban J connectivity index is 3.42. The largest absolute Gasteiger partial charge is 0.478 e. The van der Waals surface area contributed by atoms with Gasteiger partial charge in [0.05, 0.1) is 5.56 Å². The molecule has 0 aromatic carbocycles. The van der Waals surface area contributed by atoms with Crippen LogP contribution in [0.4, 0.5) is 5.82 Å². The van der Waals surface area contributed by atoms with Gasteiger partial charge in [0.15, 0.2) is 0 Å². The highest BCUT2D eigenvalue weighted by Gasteiger charge is 2.12. The van der Waals surface area contributed by atoms with E-state index < -0.39 is 5.97 Å². The Morgan fingerprint density at radius 3 is 3.00 bits per heavy atom. The van der Waals surface area contributed by atoms with Crippen LogP contribution in [0.1, 0.15) is 15.9 Å². The van der Waals surface area contributed by atoms with E-state index in [4.69, 9.17) is 10.6 Å². The van der Waals surface area contributed by atoms with Crippen LogP contribution in [0, 0.1) is 6.92 Å². The van der Waals surface area contributed by atoms with E-state index in [0.29, 0.717) is 5.56 Å². The molecule has 1 rings (SSSR count). The molecule has 0 saturated heterocycles. The van der Waals surface area contributed by atoms with Gasteiger partial charge in [0.25, 0.3) is 0 Å². The van der Waals surface area contributed by atoms with Gasteiger partial charge in [0.1, 0.15) is 5.82 Å². The molecule has 1 N–H and O–H groups in total. The zero-order valence-electron chi connectivity index (χ0n) is 6.80. The molecule has 0 atom stereocenters. The van der Waals surface area contributed by atoms with Crippen LogP contribution in [0.3, 0.4) is 0 Å². The quantitative estimate of drug-likeness (QED) is 0.426. The van der Waals surface area contributed by atoms with Gasteiger partial charge in [-0.25, -0.2) is 4.79 Å². The van der Waals surface area contributed by atoms with Crippen LogP contribution in [-0.2, 0) is 0 Å². The lowest BCUT2D eigenvalue weighted by atomic mass is 10.1. The predicted octanol–water partition coefficient (Wildman–Crippen LogP) is 2.03. The number of carbonyl (C=O) groups is 1. The van der Waals surface area contributed by atoms with Gasteiger partial charge in [-0.05, 0) is 29.2 Å². The Hall–Kier alpha value is -2.07. The molecule has 1 aromatic rings. The van der Waals surface area contributed by atoms with Gasteiger partial charge in [0, 0.05) is 11.1 Å². The number of hydrogen-bond donors (Lipinski definition) is 1. The molecule has 0 amide bonds. The summed E-state index contributed by atoms with van der Waals surface area (Å²) in [6.45, 7) is 1.61. The number of azide groups is 1. The lowest BCUT2D eigenvalue weighted by Crippen LogP contribution is -2.00. The SMILES string of the molecule is Cc1ccnc(N=[N+]=[N-])c1C(=O)O. The number of nitrogens with zero attached hydrogens (tertiary/aromatic N) is 4. The number of hydrogen-bond acceptors (Lipinski definition) is 3. The maximum atomic E-state index is 10.7. The summed E-state index contributed by atoms with van der Waals surface area (Å²) in [5.41, 5.74) is 8.61. The molecule has 0 saturated carbocycles. The Bertz CT molecular complexity index is 395. The van der Waals surface area contributed by atoms with Gasteiger partial charge in [0.2, 0.25) is 0 Å². The standard InChI is InChI=1S/C7H6N4O2/c1-4-2-3-9-6(10-11-8)5(4)7(12)13/h2-3H,1H3,(H,12,13). The minimum Gasteiger partial charge on any atom is -0.478 e. The fourth-order valence-electron chi connectivity index (χ4n) is 0.926. The van der Waals surface area contributed by atoms with E-state index in [-0.39, 0.29) is 11.4 Å². The normalized spacial score (nSPS) is 9.00. The molecule has 0 aliphatic carbocycles.